The minimum Gasteiger partial charge on any atom is -0.355 e. The minimum absolute atomic E-state index is 0.0708. The number of hydrogen-bond donors (Lipinski definition) is 2. The highest BCUT2D eigenvalue weighted by Gasteiger charge is 2.14. The van der Waals surface area contributed by atoms with Crippen LogP contribution in [0.1, 0.15) is 17.5 Å². The Labute approximate surface area is 118 Å². The van der Waals surface area contributed by atoms with Crippen molar-refractivity contribution in [3.8, 4) is 6.07 Å². The van der Waals surface area contributed by atoms with Gasteiger partial charge in [-0.05, 0) is 17.7 Å². The van der Waals surface area contributed by atoms with E-state index in [0.29, 0.717) is 24.2 Å². The van der Waals surface area contributed by atoms with Gasteiger partial charge in [-0.2, -0.15) is 5.26 Å². The minimum atomic E-state index is -3.35. The molecule has 1 aromatic carbocycles. The number of nitrogens with one attached hydrogen (secondary N) is 1. The maximum atomic E-state index is 11.9. The molecule has 1 rings (SSSR count). The molecule has 20 heavy (non-hydrogen) atoms. The number of benzene rings is 1. The summed E-state index contributed by atoms with van der Waals surface area (Å²) in [5.41, 5.74) is 6.31. The van der Waals surface area contributed by atoms with Gasteiger partial charge in [0.25, 0.3) is 0 Å². The summed E-state index contributed by atoms with van der Waals surface area (Å²) in [7, 11) is -3.35. The molecule has 0 bridgehead atoms. The van der Waals surface area contributed by atoms with Crippen LogP contribution in [0.5, 0.6) is 0 Å². The van der Waals surface area contributed by atoms with Gasteiger partial charge in [-0.1, -0.05) is 12.1 Å². The molecule has 0 heterocycles. The Hall–Kier alpha value is -1.91. The van der Waals surface area contributed by atoms with E-state index in [2.05, 4.69) is 5.32 Å². The summed E-state index contributed by atoms with van der Waals surface area (Å²) < 4.78 is 23.7. The van der Waals surface area contributed by atoms with E-state index in [0.717, 1.165) is 0 Å². The number of rotatable bonds is 7. The maximum Gasteiger partial charge on any atom is 0.221 e. The van der Waals surface area contributed by atoms with Gasteiger partial charge in [-0.25, -0.2) is 8.42 Å². The molecule has 0 unspecified atom stereocenters. The Kier molecular flexibility index (Phi) is 6.15. The van der Waals surface area contributed by atoms with Crippen LogP contribution < -0.4 is 11.1 Å². The van der Waals surface area contributed by atoms with Crippen LogP contribution in [-0.2, 0) is 20.4 Å². The molecule has 7 heteroatoms. The van der Waals surface area contributed by atoms with Gasteiger partial charge in [-0.15, -0.1) is 0 Å². The van der Waals surface area contributed by atoms with E-state index in [1.54, 1.807) is 24.3 Å². The van der Waals surface area contributed by atoms with E-state index in [1.165, 1.54) is 0 Å². The predicted octanol–water partition coefficient (Wildman–Crippen LogP) is -0.0619. The van der Waals surface area contributed by atoms with Crippen LogP contribution in [0.4, 0.5) is 0 Å². The zero-order chi connectivity index (χ0) is 15.0. The first kappa shape index (κ1) is 16.1. The second-order valence-electron chi connectivity index (χ2n) is 4.29. The fourth-order valence-electron chi connectivity index (χ4n) is 1.55. The van der Waals surface area contributed by atoms with Crippen LogP contribution in [0.2, 0.25) is 0 Å². The molecule has 108 valence electrons. The molecule has 0 atom stereocenters. The second-order valence-corrected chi connectivity index (χ2v) is 6.47. The normalized spacial score (nSPS) is 10.8. The van der Waals surface area contributed by atoms with E-state index in [9.17, 15) is 13.2 Å². The molecule has 0 aliphatic carbocycles. The third kappa shape index (κ3) is 5.82. The van der Waals surface area contributed by atoms with Crippen molar-refractivity contribution in [2.75, 3.05) is 18.8 Å². The molecular weight excluding hydrogens is 278 g/mol. The van der Waals surface area contributed by atoms with Crippen molar-refractivity contribution >= 4 is 15.7 Å². The Morgan fingerprint density at radius 3 is 2.50 bits per heavy atom. The van der Waals surface area contributed by atoms with Gasteiger partial charge in [0.15, 0.2) is 9.84 Å². The van der Waals surface area contributed by atoms with Gasteiger partial charge in [0.05, 0.1) is 23.1 Å². The Balaban J connectivity index is 2.52. The molecule has 0 aliphatic rings. The SMILES string of the molecule is N#Cc1ccc(CS(=O)(=O)CCC(=O)NCCN)cc1. The third-order valence-electron chi connectivity index (χ3n) is 2.58. The zero-order valence-corrected chi connectivity index (χ0v) is 11.8. The van der Waals surface area contributed by atoms with E-state index in [4.69, 9.17) is 11.0 Å². The average Bonchev–Trinajstić information content (AvgIpc) is 2.43. The Bertz CT molecular complexity index is 588. The van der Waals surface area contributed by atoms with Crippen LogP contribution in [0.3, 0.4) is 0 Å². The quantitative estimate of drug-likeness (QED) is 0.731. The topological polar surface area (TPSA) is 113 Å². The Morgan fingerprint density at radius 1 is 1.30 bits per heavy atom. The molecule has 6 nitrogen and oxygen atoms in total. The first-order valence-electron chi connectivity index (χ1n) is 6.13. The number of carbonyl (C=O) groups excluding carboxylic acids is 1. The van der Waals surface area contributed by atoms with E-state index in [-0.39, 0.29) is 23.8 Å². The van der Waals surface area contributed by atoms with Gasteiger partial charge < -0.3 is 11.1 Å². The predicted molar refractivity (Wildman–Crippen MR) is 75.3 cm³/mol. The number of nitrogens with zero attached hydrogens (tertiary/aromatic N) is 1. The first-order chi connectivity index (χ1) is 9.46. The van der Waals surface area contributed by atoms with Crippen molar-refractivity contribution in [3.63, 3.8) is 0 Å². The smallest absolute Gasteiger partial charge is 0.221 e. The average molecular weight is 295 g/mol. The molecule has 1 aromatic rings. The van der Waals surface area contributed by atoms with Crippen molar-refractivity contribution in [1.29, 1.82) is 5.26 Å². The summed E-state index contributed by atoms with van der Waals surface area (Å²) in [6.07, 6.45) is -0.0708. The number of sulfone groups is 1. The largest absolute Gasteiger partial charge is 0.355 e. The molecule has 0 aliphatic heterocycles. The summed E-state index contributed by atoms with van der Waals surface area (Å²) in [5.74, 6) is -0.661. The molecule has 0 fully saturated rings. The zero-order valence-electron chi connectivity index (χ0n) is 11.0. The lowest BCUT2D eigenvalue weighted by molar-refractivity contribution is -0.120. The standard InChI is InChI=1S/C13H17N3O3S/c14-6-7-16-13(17)5-8-20(18,19)10-12-3-1-11(9-15)2-4-12/h1-4H,5-8,10,14H2,(H,16,17). The third-order valence-corrected chi connectivity index (χ3v) is 4.18. The highest BCUT2D eigenvalue weighted by Crippen LogP contribution is 2.09. The van der Waals surface area contributed by atoms with Crippen LogP contribution in [0.15, 0.2) is 24.3 Å². The summed E-state index contributed by atoms with van der Waals surface area (Å²) in [6, 6.07) is 8.30. The van der Waals surface area contributed by atoms with E-state index >= 15 is 0 Å². The van der Waals surface area contributed by atoms with Gasteiger partial charge in [-0.3, -0.25) is 4.79 Å². The molecule has 0 radical (unpaired) electrons. The van der Waals surface area contributed by atoms with E-state index in [1.807, 2.05) is 6.07 Å². The molecule has 0 spiro atoms. The lowest BCUT2D eigenvalue weighted by Crippen LogP contribution is -2.30. The number of carbonyl (C=O) groups is 1. The summed E-state index contributed by atoms with van der Waals surface area (Å²) in [5, 5.41) is 11.2. The second kappa shape index (κ2) is 7.62. The highest BCUT2D eigenvalue weighted by molar-refractivity contribution is 7.90. The maximum absolute atomic E-state index is 11.9. The summed E-state index contributed by atoms with van der Waals surface area (Å²) in [4.78, 5) is 11.3. The fourth-order valence-corrected chi connectivity index (χ4v) is 2.89. The summed E-state index contributed by atoms with van der Waals surface area (Å²) in [6.45, 7) is 0.665. The van der Waals surface area contributed by atoms with Gasteiger partial charge >= 0.3 is 0 Å². The van der Waals surface area contributed by atoms with Crippen LogP contribution in [-0.4, -0.2) is 33.2 Å². The van der Waals surface area contributed by atoms with Gasteiger partial charge in [0.1, 0.15) is 0 Å². The van der Waals surface area contributed by atoms with Gasteiger partial charge in [0, 0.05) is 19.5 Å². The monoisotopic (exact) mass is 295 g/mol. The molecule has 0 aromatic heterocycles. The lowest BCUT2D eigenvalue weighted by Gasteiger charge is -2.05. The number of amides is 1. The van der Waals surface area contributed by atoms with Crippen molar-refractivity contribution in [1.82, 2.24) is 5.32 Å². The molecule has 0 saturated heterocycles. The van der Waals surface area contributed by atoms with Gasteiger partial charge in [0.2, 0.25) is 5.91 Å². The van der Waals surface area contributed by atoms with Crippen LogP contribution >= 0.6 is 0 Å². The molecule has 3 N–H and O–H groups in total. The van der Waals surface area contributed by atoms with Crippen molar-refractivity contribution < 1.29 is 13.2 Å². The van der Waals surface area contributed by atoms with Crippen molar-refractivity contribution in [2.45, 2.75) is 12.2 Å². The van der Waals surface area contributed by atoms with Crippen molar-refractivity contribution in [3.05, 3.63) is 35.4 Å². The number of hydrogen-bond acceptors (Lipinski definition) is 5. The molecular formula is C13H17N3O3S. The fraction of sp³-hybridized carbons (Fsp3) is 0.385. The first-order valence-corrected chi connectivity index (χ1v) is 7.95. The summed E-state index contributed by atoms with van der Waals surface area (Å²) >= 11 is 0. The van der Waals surface area contributed by atoms with Crippen molar-refractivity contribution in [2.24, 2.45) is 5.73 Å². The van der Waals surface area contributed by atoms with Crippen LogP contribution in [0, 0.1) is 11.3 Å². The number of nitriles is 1. The van der Waals surface area contributed by atoms with E-state index < -0.39 is 9.84 Å². The lowest BCUT2D eigenvalue weighted by atomic mass is 10.2. The Morgan fingerprint density at radius 2 is 1.95 bits per heavy atom. The molecule has 1 amide bonds. The van der Waals surface area contributed by atoms with Crippen LogP contribution in [0.25, 0.3) is 0 Å². The molecule has 0 saturated carbocycles. The number of nitrogens with two attached hydrogens (primary N) is 1. The highest BCUT2D eigenvalue weighted by atomic mass is 32.2.